The summed E-state index contributed by atoms with van der Waals surface area (Å²) in [5.74, 6) is 1.29. The van der Waals surface area contributed by atoms with E-state index in [0.29, 0.717) is 6.42 Å². The predicted molar refractivity (Wildman–Crippen MR) is 210 cm³/mol. The van der Waals surface area contributed by atoms with Crippen LogP contribution in [0.2, 0.25) is 0 Å². The Hall–Kier alpha value is -6.26. The maximum atomic E-state index is 6.88. The van der Waals surface area contributed by atoms with Gasteiger partial charge in [0.25, 0.3) is 0 Å². The van der Waals surface area contributed by atoms with E-state index in [-0.39, 0.29) is 12.0 Å². The Morgan fingerprint density at radius 3 is 2.35 bits per heavy atom. The third-order valence-electron chi connectivity index (χ3n) is 11.0. The molecule has 4 heterocycles. The fourth-order valence-electron chi connectivity index (χ4n) is 8.63. The van der Waals surface area contributed by atoms with E-state index in [1.165, 1.54) is 27.8 Å². The molecule has 8 aromatic rings. The van der Waals surface area contributed by atoms with Gasteiger partial charge in [-0.15, -0.1) is 0 Å². The molecular formula is C47H36N3O+. The van der Waals surface area contributed by atoms with Gasteiger partial charge in [0, 0.05) is 28.7 Å². The summed E-state index contributed by atoms with van der Waals surface area (Å²) >= 11 is 0. The van der Waals surface area contributed by atoms with Gasteiger partial charge in [0.15, 0.2) is 16.6 Å². The quantitative estimate of drug-likeness (QED) is 0.174. The Morgan fingerprint density at radius 2 is 1.49 bits per heavy atom. The molecule has 10 rings (SSSR count). The van der Waals surface area contributed by atoms with Crippen LogP contribution in [0.25, 0.3) is 66.9 Å². The van der Waals surface area contributed by atoms with Crippen molar-refractivity contribution < 1.29 is 8.98 Å². The summed E-state index contributed by atoms with van der Waals surface area (Å²) in [4.78, 5) is 5.38. The topological polar surface area (TPSA) is 34.3 Å². The Morgan fingerprint density at radius 1 is 0.745 bits per heavy atom. The molecule has 4 nitrogen and oxygen atoms in total. The number of allylic oxidation sites excluding steroid dienone is 1. The molecule has 2 unspecified atom stereocenters. The zero-order chi connectivity index (χ0) is 34.1. The van der Waals surface area contributed by atoms with Crippen LogP contribution in [0.15, 0.2) is 168 Å². The van der Waals surface area contributed by atoms with Crippen LogP contribution in [-0.2, 0) is 6.42 Å². The molecule has 2 atom stereocenters. The number of rotatable bonds is 3. The first-order chi connectivity index (χ1) is 25.2. The van der Waals surface area contributed by atoms with Crippen LogP contribution in [0.4, 0.5) is 0 Å². The average Bonchev–Trinajstić information content (AvgIpc) is 3.73. The van der Waals surface area contributed by atoms with Crippen molar-refractivity contribution in [1.29, 1.82) is 0 Å². The van der Waals surface area contributed by atoms with Gasteiger partial charge in [0.2, 0.25) is 0 Å². The SMILES string of the molecule is C=CC1=NC2CC(=C)[n+]3c(n(-c4ccc(-c5ccccc5)cc4)c4ccccc43)-c3c(ccc4c3oc3ccccc34)CCC2c2ccccc21. The first-order valence-corrected chi connectivity index (χ1v) is 17.8. The van der Waals surface area contributed by atoms with Gasteiger partial charge in [-0.3, -0.25) is 4.99 Å². The summed E-state index contributed by atoms with van der Waals surface area (Å²) in [5, 5.41) is 2.25. The lowest BCUT2D eigenvalue weighted by Gasteiger charge is -2.32. The molecular weight excluding hydrogens is 623 g/mol. The van der Waals surface area contributed by atoms with Gasteiger partial charge < -0.3 is 4.42 Å². The van der Waals surface area contributed by atoms with E-state index >= 15 is 0 Å². The number of aryl methyl sites for hydroxylation is 1. The number of hydrogen-bond acceptors (Lipinski definition) is 2. The van der Waals surface area contributed by atoms with Crippen molar-refractivity contribution in [1.82, 2.24) is 4.57 Å². The molecule has 4 heteroatoms. The van der Waals surface area contributed by atoms with Crippen molar-refractivity contribution >= 4 is 44.4 Å². The minimum absolute atomic E-state index is 0.0319. The van der Waals surface area contributed by atoms with Crippen LogP contribution in [0.1, 0.15) is 35.4 Å². The molecule has 0 fully saturated rings. The number of imidazole rings is 1. The number of fused-ring (bicyclic) bond motifs is 12. The van der Waals surface area contributed by atoms with Gasteiger partial charge in [-0.1, -0.05) is 122 Å². The van der Waals surface area contributed by atoms with Crippen LogP contribution in [-0.4, -0.2) is 16.3 Å². The highest BCUT2D eigenvalue weighted by molar-refractivity contribution is 6.11. The van der Waals surface area contributed by atoms with E-state index in [0.717, 1.165) is 74.3 Å². The number of benzene rings is 6. The minimum atomic E-state index is 0.0319. The van der Waals surface area contributed by atoms with E-state index in [2.05, 4.69) is 155 Å². The highest BCUT2D eigenvalue weighted by Gasteiger charge is 2.38. The summed E-state index contributed by atoms with van der Waals surface area (Å²) in [6.07, 6.45) is 4.44. The zero-order valence-electron chi connectivity index (χ0n) is 28.3. The molecule has 2 aliphatic rings. The van der Waals surface area contributed by atoms with Crippen molar-refractivity contribution in [2.75, 3.05) is 0 Å². The van der Waals surface area contributed by atoms with Crippen LogP contribution in [0, 0.1) is 0 Å². The molecule has 0 N–H and O–H groups in total. The van der Waals surface area contributed by atoms with Gasteiger partial charge >= 0.3 is 5.82 Å². The smallest absolute Gasteiger partial charge is 0.304 e. The van der Waals surface area contributed by atoms with Crippen LogP contribution >= 0.6 is 0 Å². The summed E-state index contributed by atoms with van der Waals surface area (Å²) in [6, 6.07) is 49.9. The molecule has 51 heavy (non-hydrogen) atoms. The van der Waals surface area contributed by atoms with Crippen molar-refractivity contribution in [3.63, 3.8) is 0 Å². The largest absolute Gasteiger partial charge is 0.455 e. The third-order valence-corrected chi connectivity index (χ3v) is 11.0. The van der Waals surface area contributed by atoms with Gasteiger partial charge in [0.1, 0.15) is 22.5 Å². The summed E-state index contributed by atoms with van der Waals surface area (Å²) in [6.45, 7) is 9.02. The molecule has 244 valence electrons. The van der Waals surface area contributed by atoms with Gasteiger partial charge in [0.05, 0.1) is 11.8 Å². The standard InChI is InChI=1S/C47H36N3O/c1-3-40-36-16-8-7-15-35(36)37-27-23-33-24-28-39-38-17-9-12-20-44(38)51-46(39)45(33)47-49(30(2)29-41(37)48-40)42-18-10-11-19-43(42)50(47)34-25-21-32(22-26-34)31-13-5-4-6-14-31/h3-22,24-26,28,37,41H,1-2,23,27,29H2/q+1. The van der Waals surface area contributed by atoms with Crippen molar-refractivity contribution in [2.45, 2.75) is 31.2 Å². The van der Waals surface area contributed by atoms with Gasteiger partial charge in [-0.05, 0) is 71.5 Å². The Labute approximate surface area is 297 Å². The number of nitrogens with zero attached hydrogens (tertiary/aromatic N) is 3. The number of aliphatic imine (C=N–C) groups is 1. The second-order valence-corrected chi connectivity index (χ2v) is 13.8. The lowest BCUT2D eigenvalue weighted by atomic mass is 9.78. The Balaban J connectivity index is 1.28. The van der Waals surface area contributed by atoms with Crippen molar-refractivity contribution in [2.24, 2.45) is 4.99 Å². The van der Waals surface area contributed by atoms with E-state index in [4.69, 9.17) is 16.0 Å². The average molecular weight is 659 g/mol. The first-order valence-electron chi connectivity index (χ1n) is 17.8. The van der Waals surface area contributed by atoms with Crippen LogP contribution in [0.5, 0.6) is 0 Å². The molecule has 2 aromatic heterocycles. The predicted octanol–water partition coefficient (Wildman–Crippen LogP) is 11.1. The fourth-order valence-corrected chi connectivity index (χ4v) is 8.63. The van der Waals surface area contributed by atoms with Crippen LogP contribution in [0.3, 0.4) is 0 Å². The van der Waals surface area contributed by atoms with Gasteiger partial charge in [-0.25, -0.2) is 0 Å². The minimum Gasteiger partial charge on any atom is -0.455 e. The highest BCUT2D eigenvalue weighted by Crippen LogP contribution is 2.44. The second kappa shape index (κ2) is 11.7. The Kier molecular flexibility index (Phi) is 6.78. The van der Waals surface area contributed by atoms with E-state index in [9.17, 15) is 0 Å². The molecule has 6 aromatic carbocycles. The van der Waals surface area contributed by atoms with E-state index in [1.807, 2.05) is 6.08 Å². The molecule has 0 aliphatic carbocycles. The van der Waals surface area contributed by atoms with Gasteiger partial charge in [-0.2, -0.15) is 9.13 Å². The lowest BCUT2D eigenvalue weighted by Crippen LogP contribution is -2.38. The summed E-state index contributed by atoms with van der Waals surface area (Å²) in [5.41, 5.74) is 14.4. The summed E-state index contributed by atoms with van der Waals surface area (Å²) in [7, 11) is 0. The molecule has 0 saturated carbocycles. The molecule has 0 amide bonds. The normalized spacial score (nSPS) is 17.0. The second-order valence-electron chi connectivity index (χ2n) is 13.8. The Bertz CT molecular complexity index is 2710. The number of para-hydroxylation sites is 3. The zero-order valence-corrected chi connectivity index (χ0v) is 28.3. The molecule has 0 radical (unpaired) electrons. The molecule has 0 bridgehead atoms. The fraction of sp³-hybridized carbons (Fsp3) is 0.106. The lowest BCUT2D eigenvalue weighted by molar-refractivity contribution is -0.542. The van der Waals surface area contributed by atoms with E-state index in [1.54, 1.807) is 0 Å². The van der Waals surface area contributed by atoms with Crippen molar-refractivity contribution in [3.05, 3.63) is 175 Å². The van der Waals surface area contributed by atoms with Crippen LogP contribution < -0.4 is 4.57 Å². The number of aromatic nitrogens is 2. The van der Waals surface area contributed by atoms with Crippen molar-refractivity contribution in [3.8, 4) is 28.2 Å². The monoisotopic (exact) mass is 658 g/mol. The summed E-state index contributed by atoms with van der Waals surface area (Å²) < 4.78 is 11.7. The maximum absolute atomic E-state index is 6.88. The number of furan rings is 1. The maximum Gasteiger partial charge on any atom is 0.304 e. The highest BCUT2D eigenvalue weighted by atomic mass is 16.3. The molecule has 2 aliphatic heterocycles. The molecule has 0 spiro atoms. The number of hydrogen-bond donors (Lipinski definition) is 0. The first kappa shape index (κ1) is 29.6. The third kappa shape index (κ3) is 4.60. The van der Waals surface area contributed by atoms with E-state index < -0.39 is 0 Å². The molecule has 0 saturated heterocycles.